The van der Waals surface area contributed by atoms with Crippen molar-refractivity contribution in [1.29, 1.82) is 0 Å². The molecule has 2 heterocycles. The summed E-state index contributed by atoms with van der Waals surface area (Å²) in [5.74, 6) is 2.38. The van der Waals surface area contributed by atoms with E-state index in [4.69, 9.17) is 14.0 Å². The Morgan fingerprint density at radius 1 is 0.875 bits per heavy atom. The fourth-order valence-electron chi connectivity index (χ4n) is 3.58. The van der Waals surface area contributed by atoms with Gasteiger partial charge in [-0.15, -0.1) is 0 Å². The maximum absolute atomic E-state index is 5.71. The molecule has 0 unspecified atom stereocenters. The van der Waals surface area contributed by atoms with Crippen LogP contribution in [0.5, 0.6) is 11.5 Å². The lowest BCUT2D eigenvalue weighted by molar-refractivity contribution is 0.288. The van der Waals surface area contributed by atoms with Crippen LogP contribution >= 0.6 is 0 Å². The summed E-state index contributed by atoms with van der Waals surface area (Å²) in [5, 5.41) is 4.19. The third kappa shape index (κ3) is 6.29. The Labute approximate surface area is 190 Å². The summed E-state index contributed by atoms with van der Waals surface area (Å²) in [4.78, 5) is 11.6. The average Bonchev–Trinajstić information content (AvgIpc) is 3.31. The molecule has 0 radical (unpaired) electrons. The molecule has 2 aromatic heterocycles. The second-order valence-corrected chi connectivity index (χ2v) is 7.47. The standard InChI is InChI=1S/C25H34N4O3/c1-5-29(6-2)16-10-9-11-21-17-19(14-15-26-21)24-27-25(32-28-24)20-12-13-22(30-7-3)23(18-20)31-8-4/h12-15,17-18H,5-11,16H2,1-4H3. The van der Waals surface area contributed by atoms with Gasteiger partial charge in [0.05, 0.1) is 13.2 Å². The first-order valence-electron chi connectivity index (χ1n) is 11.6. The van der Waals surface area contributed by atoms with Gasteiger partial charge in [0.2, 0.25) is 5.82 Å². The second-order valence-electron chi connectivity index (χ2n) is 7.47. The van der Waals surface area contributed by atoms with Crippen LogP contribution in [0.3, 0.4) is 0 Å². The SMILES string of the molecule is CCOc1ccc(-c2nc(-c3ccnc(CCCCN(CC)CC)c3)no2)cc1OCC. The van der Waals surface area contributed by atoms with Gasteiger partial charge in [0.15, 0.2) is 11.5 Å². The predicted molar refractivity (Wildman–Crippen MR) is 126 cm³/mol. The molecule has 7 nitrogen and oxygen atoms in total. The van der Waals surface area contributed by atoms with E-state index in [0.717, 1.165) is 49.3 Å². The minimum atomic E-state index is 0.446. The van der Waals surface area contributed by atoms with E-state index in [9.17, 15) is 0 Å². The Morgan fingerprint density at radius 2 is 1.66 bits per heavy atom. The summed E-state index contributed by atoms with van der Waals surface area (Å²) < 4.78 is 16.9. The van der Waals surface area contributed by atoms with Crippen LogP contribution < -0.4 is 9.47 Å². The maximum Gasteiger partial charge on any atom is 0.258 e. The molecule has 0 aliphatic rings. The summed E-state index contributed by atoms with van der Waals surface area (Å²) in [6, 6.07) is 9.61. The minimum absolute atomic E-state index is 0.446. The molecule has 0 saturated heterocycles. The number of nitrogens with zero attached hydrogens (tertiary/aromatic N) is 4. The fraction of sp³-hybridized carbons (Fsp3) is 0.480. The average molecular weight is 439 g/mol. The number of pyridine rings is 1. The summed E-state index contributed by atoms with van der Waals surface area (Å²) in [6.07, 6.45) is 5.03. The molecule has 3 rings (SSSR count). The smallest absolute Gasteiger partial charge is 0.258 e. The van der Waals surface area contributed by atoms with Gasteiger partial charge in [0.25, 0.3) is 5.89 Å². The number of unbranched alkanes of at least 4 members (excludes halogenated alkanes) is 1. The van der Waals surface area contributed by atoms with Gasteiger partial charge in [-0.2, -0.15) is 4.98 Å². The highest BCUT2D eigenvalue weighted by atomic mass is 16.5. The number of hydrogen-bond donors (Lipinski definition) is 0. The first kappa shape index (κ1) is 23.7. The predicted octanol–water partition coefficient (Wildman–Crippen LogP) is 5.26. The van der Waals surface area contributed by atoms with Crippen molar-refractivity contribution in [2.45, 2.75) is 47.0 Å². The van der Waals surface area contributed by atoms with Gasteiger partial charge in [-0.25, -0.2) is 0 Å². The zero-order valence-electron chi connectivity index (χ0n) is 19.6. The van der Waals surface area contributed by atoms with Gasteiger partial charge in [-0.3, -0.25) is 4.98 Å². The first-order valence-corrected chi connectivity index (χ1v) is 11.6. The van der Waals surface area contributed by atoms with Crippen LogP contribution in [0.1, 0.15) is 46.2 Å². The monoisotopic (exact) mass is 438 g/mol. The van der Waals surface area contributed by atoms with Gasteiger partial charge in [0.1, 0.15) is 0 Å². The summed E-state index contributed by atoms with van der Waals surface area (Å²) in [7, 11) is 0. The van der Waals surface area contributed by atoms with Gasteiger partial charge in [0, 0.05) is 23.0 Å². The number of aryl methyl sites for hydroxylation is 1. The third-order valence-corrected chi connectivity index (χ3v) is 5.34. The molecular formula is C25H34N4O3. The van der Waals surface area contributed by atoms with Crippen LogP contribution in [0.4, 0.5) is 0 Å². The van der Waals surface area contributed by atoms with Crippen molar-refractivity contribution in [2.24, 2.45) is 0 Å². The van der Waals surface area contributed by atoms with E-state index in [1.165, 1.54) is 6.42 Å². The van der Waals surface area contributed by atoms with E-state index in [1.807, 2.05) is 44.3 Å². The molecule has 7 heteroatoms. The Morgan fingerprint density at radius 3 is 2.41 bits per heavy atom. The molecule has 0 aliphatic carbocycles. The first-order chi connectivity index (χ1) is 15.7. The quantitative estimate of drug-likeness (QED) is 0.337. The highest BCUT2D eigenvalue weighted by Gasteiger charge is 2.14. The van der Waals surface area contributed by atoms with Crippen LogP contribution in [0.25, 0.3) is 22.8 Å². The normalized spacial score (nSPS) is 11.2. The highest BCUT2D eigenvalue weighted by molar-refractivity contribution is 5.63. The summed E-state index contributed by atoms with van der Waals surface area (Å²) in [6.45, 7) is 12.8. The lowest BCUT2D eigenvalue weighted by Gasteiger charge is -2.17. The van der Waals surface area contributed by atoms with E-state index in [2.05, 4.69) is 39.9 Å². The second kappa shape index (κ2) is 12.2. The van der Waals surface area contributed by atoms with Crippen LogP contribution in [0.2, 0.25) is 0 Å². The molecule has 0 bridgehead atoms. The topological polar surface area (TPSA) is 73.5 Å². The number of rotatable bonds is 13. The van der Waals surface area contributed by atoms with Crippen LogP contribution in [-0.4, -0.2) is 52.9 Å². The molecule has 0 aliphatic heterocycles. The number of hydrogen-bond acceptors (Lipinski definition) is 7. The van der Waals surface area contributed by atoms with E-state index < -0.39 is 0 Å². The van der Waals surface area contributed by atoms with E-state index in [1.54, 1.807) is 0 Å². The Balaban J connectivity index is 1.69. The van der Waals surface area contributed by atoms with Crippen molar-refractivity contribution in [3.63, 3.8) is 0 Å². The Kier molecular flexibility index (Phi) is 9.04. The third-order valence-electron chi connectivity index (χ3n) is 5.34. The number of benzene rings is 1. The molecule has 3 aromatic rings. The van der Waals surface area contributed by atoms with E-state index in [-0.39, 0.29) is 0 Å². The largest absolute Gasteiger partial charge is 0.490 e. The zero-order chi connectivity index (χ0) is 22.8. The molecule has 32 heavy (non-hydrogen) atoms. The summed E-state index contributed by atoms with van der Waals surface area (Å²) in [5.41, 5.74) is 2.75. The molecule has 172 valence electrons. The van der Waals surface area contributed by atoms with Gasteiger partial charge in [-0.05, 0) is 83.1 Å². The Hall–Kier alpha value is -2.93. The molecule has 0 saturated carbocycles. The van der Waals surface area contributed by atoms with Crippen molar-refractivity contribution in [2.75, 3.05) is 32.8 Å². The molecule has 0 N–H and O–H groups in total. The molecular weight excluding hydrogens is 404 g/mol. The van der Waals surface area contributed by atoms with Gasteiger partial charge >= 0.3 is 0 Å². The van der Waals surface area contributed by atoms with E-state index in [0.29, 0.717) is 36.4 Å². The zero-order valence-corrected chi connectivity index (χ0v) is 19.6. The van der Waals surface area contributed by atoms with Crippen molar-refractivity contribution < 1.29 is 14.0 Å². The van der Waals surface area contributed by atoms with Crippen molar-refractivity contribution in [3.8, 4) is 34.3 Å². The maximum atomic E-state index is 5.71. The lowest BCUT2D eigenvalue weighted by Crippen LogP contribution is -2.23. The van der Waals surface area contributed by atoms with Crippen LogP contribution in [0, 0.1) is 0 Å². The van der Waals surface area contributed by atoms with Crippen LogP contribution in [-0.2, 0) is 6.42 Å². The Bertz CT molecular complexity index is 969. The molecule has 1 aromatic carbocycles. The fourth-order valence-corrected chi connectivity index (χ4v) is 3.58. The van der Waals surface area contributed by atoms with E-state index >= 15 is 0 Å². The summed E-state index contributed by atoms with van der Waals surface area (Å²) >= 11 is 0. The molecule has 0 fully saturated rings. The van der Waals surface area contributed by atoms with Crippen molar-refractivity contribution >= 4 is 0 Å². The van der Waals surface area contributed by atoms with Crippen molar-refractivity contribution in [3.05, 3.63) is 42.2 Å². The van der Waals surface area contributed by atoms with Gasteiger partial charge in [-0.1, -0.05) is 19.0 Å². The molecule has 0 spiro atoms. The number of aromatic nitrogens is 3. The lowest BCUT2D eigenvalue weighted by atomic mass is 10.1. The molecule has 0 amide bonds. The number of ether oxygens (including phenoxy) is 2. The van der Waals surface area contributed by atoms with Crippen molar-refractivity contribution in [1.82, 2.24) is 20.0 Å². The minimum Gasteiger partial charge on any atom is -0.490 e. The molecule has 0 atom stereocenters. The highest BCUT2D eigenvalue weighted by Crippen LogP contribution is 2.33. The van der Waals surface area contributed by atoms with Crippen LogP contribution in [0.15, 0.2) is 41.1 Å². The van der Waals surface area contributed by atoms with Gasteiger partial charge < -0.3 is 18.9 Å².